The maximum absolute atomic E-state index is 10.5. The minimum atomic E-state index is -4.28. The van der Waals surface area contributed by atoms with E-state index in [0.717, 1.165) is 0 Å². The molecular formula is C7H7KO3S. The first-order valence-electron chi connectivity index (χ1n) is 3.03. The molecule has 0 aliphatic heterocycles. The van der Waals surface area contributed by atoms with Crippen LogP contribution >= 0.6 is 0 Å². The molecular weight excluding hydrogens is 203 g/mol. The van der Waals surface area contributed by atoms with Gasteiger partial charge in [0.15, 0.2) is 0 Å². The molecule has 0 spiro atoms. The largest absolute Gasteiger partial charge is 1.00 e. The van der Waals surface area contributed by atoms with Gasteiger partial charge < -0.3 is 4.55 Å². The van der Waals surface area contributed by atoms with E-state index < -0.39 is 10.1 Å². The second kappa shape index (κ2) is 4.85. The molecule has 1 aromatic rings. The molecule has 0 saturated carbocycles. The van der Waals surface area contributed by atoms with E-state index in [0.29, 0.717) is 5.56 Å². The minimum Gasteiger partial charge on any atom is -0.744 e. The van der Waals surface area contributed by atoms with Gasteiger partial charge in [-0.15, -0.1) is 0 Å². The zero-order chi connectivity index (χ0) is 8.48. The average molecular weight is 210 g/mol. The number of hydrogen-bond donors (Lipinski definition) is 0. The summed E-state index contributed by atoms with van der Waals surface area (Å²) in [5, 5.41) is 0. The van der Waals surface area contributed by atoms with Crippen LogP contribution in [0.5, 0.6) is 0 Å². The molecule has 60 valence electrons. The number of rotatable bonds is 1. The van der Waals surface area contributed by atoms with Crippen LogP contribution in [0.15, 0.2) is 29.2 Å². The monoisotopic (exact) mass is 210 g/mol. The van der Waals surface area contributed by atoms with Crippen molar-refractivity contribution in [3.8, 4) is 0 Å². The zero-order valence-corrected chi connectivity index (χ0v) is 10.9. The molecule has 0 bridgehead atoms. The maximum atomic E-state index is 10.5. The van der Waals surface area contributed by atoms with Crippen molar-refractivity contribution in [1.82, 2.24) is 0 Å². The van der Waals surface area contributed by atoms with Gasteiger partial charge in [0.25, 0.3) is 0 Å². The molecule has 0 radical (unpaired) electrons. The SMILES string of the molecule is Cc1ccccc1S(=O)(=O)[O-].[K+]. The van der Waals surface area contributed by atoms with Gasteiger partial charge in [0.2, 0.25) is 0 Å². The summed E-state index contributed by atoms with van der Waals surface area (Å²) in [4.78, 5) is -0.139. The molecule has 0 amide bonds. The molecule has 0 aliphatic carbocycles. The molecule has 0 heterocycles. The van der Waals surface area contributed by atoms with E-state index >= 15 is 0 Å². The summed E-state index contributed by atoms with van der Waals surface area (Å²) in [7, 11) is -4.28. The summed E-state index contributed by atoms with van der Waals surface area (Å²) in [6.07, 6.45) is 0. The van der Waals surface area contributed by atoms with Crippen LogP contribution in [-0.4, -0.2) is 13.0 Å². The second-order valence-electron chi connectivity index (χ2n) is 2.22. The predicted molar refractivity (Wildman–Crippen MR) is 39.1 cm³/mol. The molecule has 0 saturated heterocycles. The van der Waals surface area contributed by atoms with Crippen LogP contribution in [0, 0.1) is 6.92 Å². The van der Waals surface area contributed by atoms with Gasteiger partial charge in [-0.25, -0.2) is 8.42 Å². The Balaban J connectivity index is 0.00000121. The number of aryl methyl sites for hydroxylation is 1. The van der Waals surface area contributed by atoms with E-state index in [9.17, 15) is 13.0 Å². The summed E-state index contributed by atoms with van der Waals surface area (Å²) < 4.78 is 31.5. The molecule has 0 atom stereocenters. The fraction of sp³-hybridized carbons (Fsp3) is 0.143. The summed E-state index contributed by atoms with van der Waals surface area (Å²) in [6.45, 7) is 1.59. The Hall–Kier alpha value is 0.766. The second-order valence-corrected chi connectivity index (χ2v) is 3.57. The van der Waals surface area contributed by atoms with Crippen LogP contribution in [-0.2, 0) is 10.1 Å². The van der Waals surface area contributed by atoms with Gasteiger partial charge in [0.05, 0.1) is 4.90 Å². The standard InChI is InChI=1S/C7H8O3S.K/c1-6-4-2-3-5-7(6)11(8,9)10;/h2-5H,1H3,(H,8,9,10);/q;+1/p-1. The quantitative estimate of drug-likeness (QED) is 0.394. The van der Waals surface area contributed by atoms with Crippen molar-refractivity contribution in [3.63, 3.8) is 0 Å². The van der Waals surface area contributed by atoms with Crippen molar-refractivity contribution in [2.45, 2.75) is 11.8 Å². The molecule has 1 aromatic carbocycles. The maximum Gasteiger partial charge on any atom is 1.00 e. The van der Waals surface area contributed by atoms with Crippen LogP contribution in [0.4, 0.5) is 0 Å². The van der Waals surface area contributed by atoms with Crippen molar-refractivity contribution in [1.29, 1.82) is 0 Å². The summed E-state index contributed by atoms with van der Waals surface area (Å²) in [6, 6.07) is 6.10. The predicted octanol–water partition coefficient (Wildman–Crippen LogP) is -2.10. The summed E-state index contributed by atoms with van der Waals surface area (Å²) >= 11 is 0. The average Bonchev–Trinajstić information content (AvgIpc) is 1.86. The van der Waals surface area contributed by atoms with Gasteiger partial charge in [0, 0.05) is 0 Å². The zero-order valence-electron chi connectivity index (χ0n) is 6.94. The van der Waals surface area contributed by atoms with Crippen LogP contribution in [0.3, 0.4) is 0 Å². The molecule has 3 nitrogen and oxygen atoms in total. The summed E-state index contributed by atoms with van der Waals surface area (Å²) in [5.41, 5.74) is 0.488. The van der Waals surface area contributed by atoms with E-state index in [1.54, 1.807) is 19.1 Å². The van der Waals surface area contributed by atoms with Crippen molar-refractivity contribution in [2.75, 3.05) is 0 Å². The van der Waals surface area contributed by atoms with E-state index in [2.05, 4.69) is 0 Å². The molecule has 5 heteroatoms. The molecule has 0 N–H and O–H groups in total. The number of hydrogen-bond acceptors (Lipinski definition) is 3. The minimum absolute atomic E-state index is 0. The molecule has 1 rings (SSSR count). The number of benzene rings is 1. The van der Waals surface area contributed by atoms with E-state index in [4.69, 9.17) is 0 Å². The fourth-order valence-electron chi connectivity index (χ4n) is 0.837. The van der Waals surface area contributed by atoms with Gasteiger partial charge >= 0.3 is 51.4 Å². The Kier molecular flexibility index (Phi) is 5.16. The third-order valence-electron chi connectivity index (χ3n) is 1.36. The van der Waals surface area contributed by atoms with E-state index in [-0.39, 0.29) is 56.3 Å². The van der Waals surface area contributed by atoms with Gasteiger partial charge in [-0.05, 0) is 18.6 Å². The molecule has 12 heavy (non-hydrogen) atoms. The van der Waals surface area contributed by atoms with Gasteiger partial charge in [-0.2, -0.15) is 0 Å². The van der Waals surface area contributed by atoms with Crippen LogP contribution in [0.25, 0.3) is 0 Å². The fourth-order valence-corrected chi connectivity index (χ4v) is 1.54. The van der Waals surface area contributed by atoms with Crippen molar-refractivity contribution in [2.24, 2.45) is 0 Å². The Morgan fingerprint density at radius 1 is 1.25 bits per heavy atom. The summed E-state index contributed by atoms with van der Waals surface area (Å²) in [5.74, 6) is 0. The topological polar surface area (TPSA) is 57.2 Å². The van der Waals surface area contributed by atoms with Crippen LogP contribution < -0.4 is 51.4 Å². The first kappa shape index (κ1) is 12.8. The van der Waals surface area contributed by atoms with Gasteiger partial charge in [-0.1, -0.05) is 18.2 Å². The van der Waals surface area contributed by atoms with Crippen LogP contribution in [0.1, 0.15) is 5.56 Å². The van der Waals surface area contributed by atoms with Crippen LogP contribution in [0.2, 0.25) is 0 Å². The third kappa shape index (κ3) is 3.25. The molecule has 0 unspecified atom stereocenters. The first-order valence-corrected chi connectivity index (χ1v) is 4.44. The molecule has 0 fully saturated rings. The van der Waals surface area contributed by atoms with E-state index in [1.165, 1.54) is 12.1 Å². The van der Waals surface area contributed by atoms with Crippen molar-refractivity contribution in [3.05, 3.63) is 29.8 Å². The van der Waals surface area contributed by atoms with Gasteiger partial charge in [-0.3, -0.25) is 0 Å². The Morgan fingerprint density at radius 2 is 1.75 bits per heavy atom. The van der Waals surface area contributed by atoms with Crippen molar-refractivity contribution >= 4 is 10.1 Å². The first-order chi connectivity index (χ1) is 5.02. The Bertz CT molecular complexity index is 359. The molecule has 0 aromatic heterocycles. The van der Waals surface area contributed by atoms with Gasteiger partial charge in [0.1, 0.15) is 10.1 Å². The van der Waals surface area contributed by atoms with E-state index in [1.807, 2.05) is 0 Å². The smallest absolute Gasteiger partial charge is 0.744 e. The Morgan fingerprint density at radius 3 is 2.08 bits per heavy atom. The Labute approximate surface area is 114 Å². The normalized spacial score (nSPS) is 10.5. The third-order valence-corrected chi connectivity index (χ3v) is 2.36. The van der Waals surface area contributed by atoms with Crippen molar-refractivity contribution < 1.29 is 64.4 Å². The molecule has 0 aliphatic rings.